The highest BCUT2D eigenvalue weighted by Gasteiger charge is 2.11. The van der Waals surface area contributed by atoms with Crippen molar-refractivity contribution in [3.8, 4) is 22.8 Å². The summed E-state index contributed by atoms with van der Waals surface area (Å²) in [6.45, 7) is 6.58. The summed E-state index contributed by atoms with van der Waals surface area (Å²) in [5.74, 6) is 1.02. The Labute approximate surface area is 210 Å². The number of hydrogen-bond acceptors (Lipinski definition) is 5. The SMILES string of the molecule is COc1cc(/C=C/C(=O)Nc2nc(-c3ccc(C)cc3)c(C)s2)ccc1OCc1ccccc1C. The molecule has 4 rings (SSSR count). The molecule has 5 nitrogen and oxygen atoms in total. The maximum absolute atomic E-state index is 12.5. The first-order valence-corrected chi connectivity index (χ1v) is 12.1. The van der Waals surface area contributed by atoms with Crippen LogP contribution in [0.3, 0.4) is 0 Å². The Kier molecular flexibility index (Phi) is 7.63. The van der Waals surface area contributed by atoms with Gasteiger partial charge in [-0.1, -0.05) is 60.2 Å². The number of nitrogens with zero attached hydrogens (tertiary/aromatic N) is 1. The van der Waals surface area contributed by atoms with Crippen LogP contribution in [0.4, 0.5) is 5.13 Å². The maximum Gasteiger partial charge on any atom is 0.250 e. The molecule has 0 saturated heterocycles. The maximum atomic E-state index is 12.5. The van der Waals surface area contributed by atoms with Gasteiger partial charge in [-0.25, -0.2) is 4.98 Å². The van der Waals surface area contributed by atoms with E-state index in [1.807, 2.05) is 55.5 Å². The summed E-state index contributed by atoms with van der Waals surface area (Å²) >= 11 is 1.46. The molecule has 0 saturated carbocycles. The van der Waals surface area contributed by atoms with Crippen LogP contribution in [0, 0.1) is 20.8 Å². The van der Waals surface area contributed by atoms with E-state index in [1.165, 1.54) is 28.5 Å². The van der Waals surface area contributed by atoms with E-state index in [2.05, 4.69) is 42.3 Å². The fraction of sp³-hybridized carbons (Fsp3) is 0.172. The normalized spacial score (nSPS) is 11.0. The van der Waals surface area contributed by atoms with Crippen LogP contribution < -0.4 is 14.8 Å². The van der Waals surface area contributed by atoms with Crippen molar-refractivity contribution in [2.45, 2.75) is 27.4 Å². The van der Waals surface area contributed by atoms with Crippen LogP contribution in [0.5, 0.6) is 11.5 Å². The number of rotatable bonds is 8. The van der Waals surface area contributed by atoms with Crippen molar-refractivity contribution >= 4 is 28.5 Å². The smallest absolute Gasteiger partial charge is 0.250 e. The van der Waals surface area contributed by atoms with E-state index in [0.717, 1.165) is 27.3 Å². The Morgan fingerprint density at radius 3 is 2.51 bits per heavy atom. The molecule has 0 radical (unpaired) electrons. The van der Waals surface area contributed by atoms with E-state index in [1.54, 1.807) is 13.2 Å². The number of anilines is 1. The molecule has 4 aromatic rings. The molecule has 0 unspecified atom stereocenters. The monoisotopic (exact) mass is 484 g/mol. The van der Waals surface area contributed by atoms with Crippen molar-refractivity contribution in [2.24, 2.45) is 0 Å². The first-order valence-electron chi connectivity index (χ1n) is 11.3. The lowest BCUT2D eigenvalue weighted by atomic mass is 10.1. The zero-order chi connectivity index (χ0) is 24.8. The van der Waals surface area contributed by atoms with Gasteiger partial charge in [0.05, 0.1) is 12.8 Å². The van der Waals surface area contributed by atoms with Crippen LogP contribution in [0.1, 0.15) is 27.1 Å². The van der Waals surface area contributed by atoms with E-state index < -0.39 is 0 Å². The number of ether oxygens (including phenoxy) is 2. The molecular formula is C29H28N2O3S. The quantitative estimate of drug-likeness (QED) is 0.274. The highest BCUT2D eigenvalue weighted by molar-refractivity contribution is 7.16. The minimum Gasteiger partial charge on any atom is -0.493 e. The number of methoxy groups -OCH3 is 1. The second kappa shape index (κ2) is 11.0. The highest BCUT2D eigenvalue weighted by Crippen LogP contribution is 2.31. The van der Waals surface area contributed by atoms with Gasteiger partial charge in [-0.05, 0) is 55.7 Å². The average Bonchev–Trinajstić information content (AvgIpc) is 3.22. The third-order valence-electron chi connectivity index (χ3n) is 5.61. The fourth-order valence-corrected chi connectivity index (χ4v) is 4.42. The van der Waals surface area contributed by atoms with E-state index in [9.17, 15) is 4.79 Å². The first-order chi connectivity index (χ1) is 16.9. The summed E-state index contributed by atoms with van der Waals surface area (Å²) in [5, 5.41) is 3.44. The van der Waals surface area contributed by atoms with Crippen LogP contribution in [-0.4, -0.2) is 18.0 Å². The van der Waals surface area contributed by atoms with E-state index in [-0.39, 0.29) is 5.91 Å². The van der Waals surface area contributed by atoms with Gasteiger partial charge >= 0.3 is 0 Å². The summed E-state index contributed by atoms with van der Waals surface area (Å²) < 4.78 is 11.5. The molecule has 178 valence electrons. The van der Waals surface area contributed by atoms with Gasteiger partial charge in [-0.3, -0.25) is 10.1 Å². The Bertz CT molecular complexity index is 1360. The van der Waals surface area contributed by atoms with E-state index >= 15 is 0 Å². The van der Waals surface area contributed by atoms with Crippen molar-refractivity contribution < 1.29 is 14.3 Å². The zero-order valence-corrected chi connectivity index (χ0v) is 21.1. The van der Waals surface area contributed by atoms with Crippen LogP contribution in [-0.2, 0) is 11.4 Å². The number of aromatic nitrogens is 1. The summed E-state index contributed by atoms with van der Waals surface area (Å²) in [4.78, 5) is 18.2. The van der Waals surface area contributed by atoms with Crippen LogP contribution in [0.2, 0.25) is 0 Å². The molecule has 35 heavy (non-hydrogen) atoms. The van der Waals surface area contributed by atoms with Gasteiger partial charge in [0.2, 0.25) is 5.91 Å². The third kappa shape index (κ3) is 6.16. The highest BCUT2D eigenvalue weighted by atomic mass is 32.1. The van der Waals surface area contributed by atoms with Crippen molar-refractivity contribution in [3.05, 3.63) is 99.9 Å². The van der Waals surface area contributed by atoms with Gasteiger partial charge in [-0.15, -0.1) is 11.3 Å². The standard InChI is InChI=1S/C29H28N2O3S/c1-19-9-13-23(14-10-19)28-21(3)35-29(31-28)30-27(32)16-12-22-11-15-25(26(17-22)33-4)34-18-24-8-6-5-7-20(24)2/h5-17H,18H2,1-4H3,(H,30,31,32)/b16-12+. The Morgan fingerprint density at radius 2 is 1.77 bits per heavy atom. The van der Waals surface area contributed by atoms with Crippen LogP contribution >= 0.6 is 11.3 Å². The molecular weight excluding hydrogens is 456 g/mol. The van der Waals surface area contributed by atoms with Gasteiger partial charge in [0.25, 0.3) is 0 Å². The van der Waals surface area contributed by atoms with Gasteiger partial charge in [0.1, 0.15) is 6.61 Å². The molecule has 1 amide bonds. The number of nitrogens with one attached hydrogen (secondary N) is 1. The number of amides is 1. The molecule has 3 aromatic carbocycles. The first kappa shape index (κ1) is 24.2. The molecule has 0 bridgehead atoms. The molecule has 0 aliphatic carbocycles. The second-order valence-corrected chi connectivity index (χ2v) is 9.44. The molecule has 0 fully saturated rings. The lowest BCUT2D eigenvalue weighted by molar-refractivity contribution is -0.111. The minimum absolute atomic E-state index is 0.243. The predicted molar refractivity (Wildman–Crippen MR) is 143 cm³/mol. The number of carbonyl (C=O) groups is 1. The minimum atomic E-state index is -0.243. The largest absolute Gasteiger partial charge is 0.493 e. The molecule has 0 aliphatic rings. The van der Waals surface area contributed by atoms with Crippen LogP contribution in [0.25, 0.3) is 17.3 Å². The molecule has 1 N–H and O–H groups in total. The van der Waals surface area contributed by atoms with Gasteiger partial charge in [-0.2, -0.15) is 0 Å². The molecule has 0 atom stereocenters. The lowest BCUT2D eigenvalue weighted by Gasteiger charge is -2.12. The molecule has 1 aromatic heterocycles. The number of carbonyl (C=O) groups excluding carboxylic acids is 1. The topological polar surface area (TPSA) is 60.5 Å². The Hall–Kier alpha value is -3.90. The van der Waals surface area contributed by atoms with Gasteiger partial charge in [0, 0.05) is 16.5 Å². The number of thiazole rings is 1. The molecule has 0 spiro atoms. The second-order valence-electron chi connectivity index (χ2n) is 8.24. The van der Waals surface area contributed by atoms with Gasteiger partial charge in [0.15, 0.2) is 16.6 Å². The van der Waals surface area contributed by atoms with Crippen molar-refractivity contribution in [2.75, 3.05) is 12.4 Å². The van der Waals surface area contributed by atoms with Crippen molar-refractivity contribution in [3.63, 3.8) is 0 Å². The Balaban J connectivity index is 1.40. The zero-order valence-electron chi connectivity index (χ0n) is 20.3. The van der Waals surface area contributed by atoms with Gasteiger partial charge < -0.3 is 9.47 Å². The lowest BCUT2D eigenvalue weighted by Crippen LogP contribution is -2.07. The predicted octanol–water partition coefficient (Wildman–Crippen LogP) is 6.97. The average molecular weight is 485 g/mol. The van der Waals surface area contributed by atoms with Crippen molar-refractivity contribution in [1.82, 2.24) is 4.98 Å². The summed E-state index contributed by atoms with van der Waals surface area (Å²) in [5.41, 5.74) is 6.26. The third-order valence-corrected chi connectivity index (χ3v) is 6.50. The fourth-order valence-electron chi connectivity index (χ4n) is 3.58. The number of hydrogen-bond donors (Lipinski definition) is 1. The van der Waals surface area contributed by atoms with Crippen molar-refractivity contribution in [1.29, 1.82) is 0 Å². The number of benzene rings is 3. The molecule has 6 heteroatoms. The van der Waals surface area contributed by atoms with E-state index in [4.69, 9.17) is 9.47 Å². The molecule has 1 heterocycles. The Morgan fingerprint density at radius 1 is 1.00 bits per heavy atom. The summed E-state index contributed by atoms with van der Waals surface area (Å²) in [7, 11) is 1.60. The number of aryl methyl sites for hydroxylation is 3. The summed E-state index contributed by atoms with van der Waals surface area (Å²) in [6.07, 6.45) is 3.23. The van der Waals surface area contributed by atoms with Crippen LogP contribution in [0.15, 0.2) is 72.8 Å². The van der Waals surface area contributed by atoms with E-state index in [0.29, 0.717) is 23.2 Å². The molecule has 0 aliphatic heterocycles. The summed E-state index contributed by atoms with van der Waals surface area (Å²) in [6, 6.07) is 21.9.